The Morgan fingerprint density at radius 3 is 2.47 bits per heavy atom. The van der Waals surface area contributed by atoms with Gasteiger partial charge in [-0.05, 0) is 6.92 Å². The van der Waals surface area contributed by atoms with Gasteiger partial charge in [-0.1, -0.05) is 0 Å². The van der Waals surface area contributed by atoms with Gasteiger partial charge in [0.05, 0.1) is 5.69 Å². The van der Waals surface area contributed by atoms with Crippen LogP contribution in [0.3, 0.4) is 0 Å². The van der Waals surface area contributed by atoms with E-state index in [0.717, 1.165) is 0 Å². The highest BCUT2D eigenvalue weighted by Crippen LogP contribution is 2.23. The number of rotatable bonds is 6. The van der Waals surface area contributed by atoms with E-state index in [-0.39, 0.29) is 17.3 Å². The van der Waals surface area contributed by atoms with Gasteiger partial charge in [-0.25, -0.2) is 23.1 Å². The van der Waals surface area contributed by atoms with Crippen molar-refractivity contribution in [3.8, 4) is 0 Å². The van der Waals surface area contributed by atoms with Crippen molar-refractivity contribution in [3.63, 3.8) is 0 Å². The van der Waals surface area contributed by atoms with Crippen molar-refractivity contribution < 1.29 is 26.7 Å². The highest BCUT2D eigenvalue weighted by atomic mass is 19.3. The maximum absolute atomic E-state index is 13.4. The van der Waals surface area contributed by atoms with Crippen LogP contribution in [0.2, 0.25) is 0 Å². The van der Waals surface area contributed by atoms with E-state index in [4.69, 9.17) is 0 Å². The Balaban J connectivity index is 2.67. The average Bonchev–Trinajstić information content (AvgIpc) is 2.33. The van der Waals surface area contributed by atoms with Crippen LogP contribution in [0.5, 0.6) is 0 Å². The van der Waals surface area contributed by atoms with E-state index in [0.29, 0.717) is 0 Å². The summed E-state index contributed by atoms with van der Waals surface area (Å²) in [5, 5.41) is 2.45. The van der Waals surface area contributed by atoms with Gasteiger partial charge in [-0.15, -0.1) is 0 Å². The van der Waals surface area contributed by atoms with Crippen LogP contribution in [0, 0.1) is 12.7 Å². The summed E-state index contributed by atoms with van der Waals surface area (Å²) in [4.78, 5) is 7.32. The number of nitrogens with one attached hydrogen (secondary N) is 1. The van der Waals surface area contributed by atoms with Gasteiger partial charge in [0.25, 0.3) is 0 Å². The number of hydrogen-bond donors (Lipinski definition) is 1. The first-order chi connectivity index (χ1) is 8.77. The first-order valence-electron chi connectivity index (χ1n) is 5.22. The first-order valence-corrected chi connectivity index (χ1v) is 5.22. The topological polar surface area (TPSA) is 47.0 Å². The van der Waals surface area contributed by atoms with Gasteiger partial charge in [0.15, 0.2) is 17.5 Å². The van der Waals surface area contributed by atoms with E-state index in [1.807, 2.05) is 0 Å². The molecule has 108 valence electrons. The molecule has 0 fully saturated rings. The van der Waals surface area contributed by atoms with Gasteiger partial charge in [0.1, 0.15) is 13.2 Å². The van der Waals surface area contributed by atoms with E-state index in [9.17, 15) is 22.0 Å². The molecule has 0 bridgehead atoms. The SMILES string of the molecule is CNc1nc(COCC(F)(F)C(F)F)nc(C)c1F. The number of aryl methyl sites for hydroxylation is 1. The van der Waals surface area contributed by atoms with Crippen molar-refractivity contribution in [2.75, 3.05) is 19.0 Å². The minimum Gasteiger partial charge on any atom is -0.371 e. The molecule has 0 saturated carbocycles. The van der Waals surface area contributed by atoms with Crippen LogP contribution in [-0.2, 0) is 11.3 Å². The summed E-state index contributed by atoms with van der Waals surface area (Å²) >= 11 is 0. The third kappa shape index (κ3) is 3.98. The molecule has 1 N–H and O–H groups in total. The summed E-state index contributed by atoms with van der Waals surface area (Å²) in [5.41, 5.74) is -0.00132. The Morgan fingerprint density at radius 2 is 1.95 bits per heavy atom. The van der Waals surface area contributed by atoms with Crippen molar-refractivity contribution in [1.29, 1.82) is 0 Å². The van der Waals surface area contributed by atoms with Gasteiger partial charge in [0, 0.05) is 7.05 Å². The Hall–Kier alpha value is -1.51. The smallest absolute Gasteiger partial charge is 0.330 e. The minimum atomic E-state index is -4.24. The number of alkyl halides is 4. The number of nitrogens with zero attached hydrogens (tertiary/aromatic N) is 2. The van der Waals surface area contributed by atoms with Crippen LogP contribution >= 0.6 is 0 Å². The van der Waals surface area contributed by atoms with Gasteiger partial charge < -0.3 is 10.1 Å². The van der Waals surface area contributed by atoms with E-state index >= 15 is 0 Å². The minimum absolute atomic E-state index is 0.00132. The molecule has 0 aliphatic heterocycles. The molecule has 19 heavy (non-hydrogen) atoms. The molecule has 9 heteroatoms. The summed E-state index contributed by atoms with van der Waals surface area (Å²) in [6.45, 7) is -0.618. The first kappa shape index (κ1) is 15.5. The van der Waals surface area contributed by atoms with Gasteiger partial charge in [0.2, 0.25) is 0 Å². The molecule has 0 amide bonds. The third-order valence-electron chi connectivity index (χ3n) is 2.14. The maximum atomic E-state index is 13.4. The van der Waals surface area contributed by atoms with Crippen molar-refractivity contribution in [2.45, 2.75) is 25.9 Å². The molecule has 0 saturated heterocycles. The second-order valence-electron chi connectivity index (χ2n) is 3.69. The lowest BCUT2D eigenvalue weighted by atomic mass is 10.3. The van der Waals surface area contributed by atoms with E-state index in [1.54, 1.807) is 0 Å². The van der Waals surface area contributed by atoms with Gasteiger partial charge in [-0.3, -0.25) is 0 Å². The molecule has 1 rings (SSSR count). The van der Waals surface area contributed by atoms with E-state index in [2.05, 4.69) is 20.0 Å². The monoisotopic (exact) mass is 285 g/mol. The fourth-order valence-corrected chi connectivity index (χ4v) is 1.19. The fourth-order valence-electron chi connectivity index (χ4n) is 1.19. The van der Waals surface area contributed by atoms with Crippen molar-refractivity contribution in [2.24, 2.45) is 0 Å². The lowest BCUT2D eigenvalue weighted by molar-refractivity contribution is -0.168. The van der Waals surface area contributed by atoms with Crippen LogP contribution < -0.4 is 5.32 Å². The molecule has 1 heterocycles. The highest BCUT2D eigenvalue weighted by Gasteiger charge is 2.41. The standard InChI is InChI=1S/C10H12F5N3O/c1-5-7(11)8(16-2)18-6(17-5)3-19-4-10(14,15)9(12)13/h9H,3-4H2,1-2H3,(H,16,17,18). The maximum Gasteiger partial charge on any atom is 0.330 e. The van der Waals surface area contributed by atoms with Crippen LogP contribution in [0.25, 0.3) is 0 Å². The predicted octanol–water partition coefficient (Wildman–Crippen LogP) is 2.38. The lowest BCUT2D eigenvalue weighted by Crippen LogP contribution is -2.32. The van der Waals surface area contributed by atoms with Crippen molar-refractivity contribution in [1.82, 2.24) is 9.97 Å². The van der Waals surface area contributed by atoms with Gasteiger partial charge in [-0.2, -0.15) is 8.78 Å². The summed E-state index contributed by atoms with van der Waals surface area (Å²) in [6.07, 6.45) is -3.81. The number of halogens is 5. The molecular formula is C10H12F5N3O. The number of aromatic nitrogens is 2. The Kier molecular flexibility index (Phi) is 4.98. The van der Waals surface area contributed by atoms with Crippen molar-refractivity contribution in [3.05, 3.63) is 17.3 Å². The molecule has 4 nitrogen and oxygen atoms in total. The van der Waals surface area contributed by atoms with Gasteiger partial charge >= 0.3 is 12.3 Å². The van der Waals surface area contributed by atoms with Crippen LogP contribution in [0.4, 0.5) is 27.8 Å². The number of hydrogen-bond acceptors (Lipinski definition) is 4. The predicted molar refractivity (Wildman–Crippen MR) is 56.9 cm³/mol. The summed E-state index contributed by atoms with van der Waals surface area (Å²) < 4.78 is 66.6. The van der Waals surface area contributed by atoms with Crippen LogP contribution in [0.15, 0.2) is 0 Å². The highest BCUT2D eigenvalue weighted by molar-refractivity contribution is 5.37. The van der Waals surface area contributed by atoms with Crippen LogP contribution in [0.1, 0.15) is 11.5 Å². The lowest BCUT2D eigenvalue weighted by Gasteiger charge is -2.15. The summed E-state index contributed by atoms with van der Waals surface area (Å²) in [7, 11) is 1.42. The number of ether oxygens (including phenoxy) is 1. The van der Waals surface area contributed by atoms with E-state index in [1.165, 1.54) is 14.0 Å². The molecule has 0 radical (unpaired) electrons. The average molecular weight is 285 g/mol. The second-order valence-corrected chi connectivity index (χ2v) is 3.69. The summed E-state index contributed by atoms with van der Waals surface area (Å²) in [6, 6.07) is 0. The zero-order chi connectivity index (χ0) is 14.6. The van der Waals surface area contributed by atoms with E-state index < -0.39 is 31.4 Å². The fraction of sp³-hybridized carbons (Fsp3) is 0.600. The zero-order valence-corrected chi connectivity index (χ0v) is 10.2. The molecule has 0 atom stereocenters. The molecule has 0 unspecified atom stereocenters. The molecule has 1 aromatic heterocycles. The second kappa shape index (κ2) is 6.09. The van der Waals surface area contributed by atoms with Crippen LogP contribution in [-0.4, -0.2) is 36.0 Å². The Labute approximate surface area is 106 Å². The quantitative estimate of drug-likeness (QED) is 0.815. The normalized spacial score (nSPS) is 12.0. The molecule has 0 spiro atoms. The molecule has 0 aliphatic rings. The number of anilines is 1. The third-order valence-corrected chi connectivity index (χ3v) is 2.14. The zero-order valence-electron chi connectivity index (χ0n) is 10.2. The Morgan fingerprint density at radius 1 is 1.32 bits per heavy atom. The summed E-state index contributed by atoms with van der Waals surface area (Å²) in [5.74, 6) is -5.11. The largest absolute Gasteiger partial charge is 0.371 e. The molecular weight excluding hydrogens is 273 g/mol. The molecule has 0 aromatic carbocycles. The van der Waals surface area contributed by atoms with Crippen molar-refractivity contribution >= 4 is 5.82 Å². The molecule has 0 aliphatic carbocycles. The Bertz CT molecular complexity index is 441. The molecule has 1 aromatic rings.